The number of sulfone groups is 1. The number of hydrogen-bond donors (Lipinski definition) is 0. The van der Waals surface area contributed by atoms with Crippen LogP contribution in [-0.2, 0) is 16.3 Å². The molecule has 0 fully saturated rings. The van der Waals surface area contributed by atoms with Crippen LogP contribution in [0.5, 0.6) is 5.75 Å². The van der Waals surface area contributed by atoms with Gasteiger partial charge < -0.3 is 4.74 Å². The molecule has 2 aromatic rings. The average molecular weight is 356 g/mol. The lowest BCUT2D eigenvalue weighted by atomic mass is 10.0. The van der Waals surface area contributed by atoms with E-state index in [1.807, 2.05) is 18.0 Å². The van der Waals surface area contributed by atoms with E-state index in [1.54, 1.807) is 42.5 Å². The van der Waals surface area contributed by atoms with Crippen LogP contribution in [0.2, 0.25) is 0 Å². The van der Waals surface area contributed by atoms with Crippen LogP contribution < -0.4 is 4.74 Å². The summed E-state index contributed by atoms with van der Waals surface area (Å²) in [4.78, 5) is 2.42. The van der Waals surface area contributed by atoms with Crippen molar-refractivity contribution in [1.82, 2.24) is 4.90 Å². The Hall–Kier alpha value is -2.36. The molecule has 25 heavy (non-hydrogen) atoms. The van der Waals surface area contributed by atoms with Gasteiger partial charge in [0.15, 0.2) is 0 Å². The van der Waals surface area contributed by atoms with E-state index in [0.29, 0.717) is 18.8 Å². The topological polar surface area (TPSA) is 70.4 Å². The highest BCUT2D eigenvalue weighted by atomic mass is 32.2. The van der Waals surface area contributed by atoms with Crippen LogP contribution in [0.3, 0.4) is 0 Å². The maximum absolute atomic E-state index is 12.8. The summed E-state index contributed by atoms with van der Waals surface area (Å²) in [6.07, 6.45) is 1.65. The molecule has 1 atom stereocenters. The van der Waals surface area contributed by atoms with Crippen LogP contribution in [0, 0.1) is 11.3 Å². The second-order valence-electron chi connectivity index (χ2n) is 6.22. The molecule has 3 rings (SSSR count). The molecule has 0 bridgehead atoms. The number of aryl methyl sites for hydroxylation is 1. The van der Waals surface area contributed by atoms with Crippen LogP contribution in [-0.4, -0.2) is 39.6 Å². The number of ether oxygens (including phenoxy) is 1. The zero-order chi connectivity index (χ0) is 17.9. The summed E-state index contributed by atoms with van der Waals surface area (Å²) in [5.74, 6) is 0.624. The number of likely N-dealkylation sites (N-methyl/N-ethyl adjacent to an activating group) is 1. The van der Waals surface area contributed by atoms with Crippen molar-refractivity contribution in [2.24, 2.45) is 0 Å². The lowest BCUT2D eigenvalue weighted by Crippen LogP contribution is -2.35. The van der Waals surface area contributed by atoms with Gasteiger partial charge in [-0.15, -0.1) is 0 Å². The van der Waals surface area contributed by atoms with E-state index in [9.17, 15) is 8.42 Å². The molecule has 0 unspecified atom stereocenters. The lowest BCUT2D eigenvalue weighted by molar-refractivity contribution is 0.132. The van der Waals surface area contributed by atoms with Crippen molar-refractivity contribution in [1.29, 1.82) is 5.26 Å². The summed E-state index contributed by atoms with van der Waals surface area (Å²) in [6.45, 7) is 0.984. The highest BCUT2D eigenvalue weighted by Crippen LogP contribution is 2.32. The minimum Gasteiger partial charge on any atom is -0.489 e. The van der Waals surface area contributed by atoms with Crippen LogP contribution >= 0.6 is 0 Å². The predicted molar refractivity (Wildman–Crippen MR) is 94.2 cm³/mol. The molecule has 0 spiro atoms. The molecule has 0 aromatic heterocycles. The average Bonchev–Trinajstić information content (AvgIpc) is 2.62. The first-order valence-corrected chi connectivity index (χ1v) is 9.64. The van der Waals surface area contributed by atoms with Gasteiger partial charge in [0.25, 0.3) is 0 Å². The van der Waals surface area contributed by atoms with E-state index in [2.05, 4.69) is 6.07 Å². The van der Waals surface area contributed by atoms with E-state index in [-0.39, 0.29) is 15.9 Å². The van der Waals surface area contributed by atoms with Crippen molar-refractivity contribution in [2.75, 3.05) is 20.1 Å². The SMILES string of the molecule is CN(CC#N)C[C@H]1CCc2ccc(S(=O)(=O)c3ccccc3)cc2O1. The highest BCUT2D eigenvalue weighted by molar-refractivity contribution is 7.91. The molecule has 2 aromatic carbocycles. The zero-order valence-electron chi connectivity index (χ0n) is 14.1. The van der Waals surface area contributed by atoms with Gasteiger partial charge in [-0.25, -0.2) is 8.42 Å². The van der Waals surface area contributed by atoms with Crippen molar-refractivity contribution < 1.29 is 13.2 Å². The van der Waals surface area contributed by atoms with Gasteiger partial charge in [0.1, 0.15) is 11.9 Å². The molecule has 1 aliphatic heterocycles. The second-order valence-corrected chi connectivity index (χ2v) is 8.17. The smallest absolute Gasteiger partial charge is 0.206 e. The van der Waals surface area contributed by atoms with Crippen molar-refractivity contribution in [3.63, 3.8) is 0 Å². The summed E-state index contributed by atoms with van der Waals surface area (Å²) in [5.41, 5.74) is 1.02. The van der Waals surface area contributed by atoms with Crippen LogP contribution in [0.25, 0.3) is 0 Å². The molecule has 0 N–H and O–H groups in total. The number of nitriles is 1. The van der Waals surface area contributed by atoms with Crippen molar-refractivity contribution in [3.8, 4) is 11.8 Å². The zero-order valence-corrected chi connectivity index (χ0v) is 14.9. The fourth-order valence-corrected chi connectivity index (χ4v) is 4.27. The standard InChI is InChI=1S/C19H20N2O3S/c1-21(12-11-20)14-16-9-7-15-8-10-18(13-19(15)24-16)25(22,23)17-5-3-2-4-6-17/h2-6,8,10,13,16H,7,9,12,14H2,1H3/t16-/m1/s1. The predicted octanol–water partition coefficient (Wildman–Crippen LogP) is 2.67. The molecule has 0 amide bonds. The molecule has 0 saturated heterocycles. The third-order valence-corrected chi connectivity index (χ3v) is 6.05. The Labute approximate surface area is 148 Å². The maximum Gasteiger partial charge on any atom is 0.206 e. The van der Waals surface area contributed by atoms with Gasteiger partial charge >= 0.3 is 0 Å². The van der Waals surface area contributed by atoms with E-state index < -0.39 is 9.84 Å². The summed E-state index contributed by atoms with van der Waals surface area (Å²) in [5, 5.41) is 8.76. The number of hydrogen-bond acceptors (Lipinski definition) is 5. The Morgan fingerprint density at radius 2 is 1.96 bits per heavy atom. The Kier molecular flexibility index (Phi) is 5.07. The Morgan fingerprint density at radius 1 is 1.20 bits per heavy atom. The molecular weight excluding hydrogens is 336 g/mol. The number of benzene rings is 2. The molecule has 1 heterocycles. The third kappa shape index (κ3) is 3.84. The fourth-order valence-electron chi connectivity index (χ4n) is 2.97. The molecule has 130 valence electrons. The molecule has 6 heteroatoms. The first-order chi connectivity index (χ1) is 12.0. The molecule has 0 radical (unpaired) electrons. The summed E-state index contributed by atoms with van der Waals surface area (Å²) in [7, 11) is -1.68. The molecule has 5 nitrogen and oxygen atoms in total. The minimum atomic E-state index is -3.56. The van der Waals surface area contributed by atoms with Gasteiger partial charge in [-0.3, -0.25) is 4.90 Å². The second kappa shape index (κ2) is 7.26. The molecule has 0 saturated carbocycles. The highest BCUT2D eigenvalue weighted by Gasteiger charge is 2.24. The molecule has 1 aliphatic rings. The monoisotopic (exact) mass is 356 g/mol. The largest absolute Gasteiger partial charge is 0.489 e. The summed E-state index contributed by atoms with van der Waals surface area (Å²) in [6, 6.07) is 15.6. The Balaban J connectivity index is 1.84. The fraction of sp³-hybridized carbons (Fsp3) is 0.316. The summed E-state index contributed by atoms with van der Waals surface area (Å²) < 4.78 is 31.5. The van der Waals surface area contributed by atoms with Gasteiger partial charge in [-0.2, -0.15) is 5.26 Å². The Morgan fingerprint density at radius 3 is 2.68 bits per heavy atom. The van der Waals surface area contributed by atoms with Gasteiger partial charge in [-0.05, 0) is 49.7 Å². The van der Waals surface area contributed by atoms with E-state index in [1.165, 1.54) is 0 Å². The van der Waals surface area contributed by atoms with Crippen molar-refractivity contribution in [2.45, 2.75) is 28.7 Å². The van der Waals surface area contributed by atoms with E-state index in [4.69, 9.17) is 10.00 Å². The number of nitrogens with zero attached hydrogens (tertiary/aromatic N) is 2. The quantitative estimate of drug-likeness (QED) is 0.770. The van der Waals surface area contributed by atoms with Crippen LogP contribution in [0.1, 0.15) is 12.0 Å². The van der Waals surface area contributed by atoms with Gasteiger partial charge in [-0.1, -0.05) is 24.3 Å². The van der Waals surface area contributed by atoms with Crippen LogP contribution in [0.15, 0.2) is 58.3 Å². The molecular formula is C19H20N2O3S. The first kappa shape index (κ1) is 17.5. The third-order valence-electron chi connectivity index (χ3n) is 4.29. The Bertz CT molecular complexity index is 889. The van der Waals surface area contributed by atoms with Gasteiger partial charge in [0.2, 0.25) is 9.84 Å². The van der Waals surface area contributed by atoms with Crippen molar-refractivity contribution >= 4 is 9.84 Å². The number of rotatable bonds is 5. The van der Waals surface area contributed by atoms with E-state index >= 15 is 0 Å². The number of fused-ring (bicyclic) bond motifs is 1. The van der Waals surface area contributed by atoms with Crippen molar-refractivity contribution in [3.05, 3.63) is 54.1 Å². The lowest BCUT2D eigenvalue weighted by Gasteiger charge is -2.29. The maximum atomic E-state index is 12.8. The molecule has 0 aliphatic carbocycles. The summed E-state index contributed by atoms with van der Waals surface area (Å²) >= 11 is 0. The van der Waals surface area contributed by atoms with E-state index in [0.717, 1.165) is 18.4 Å². The first-order valence-electron chi connectivity index (χ1n) is 8.16. The van der Waals surface area contributed by atoms with Gasteiger partial charge in [0.05, 0.1) is 22.4 Å². The minimum absolute atomic E-state index is 0.0412. The van der Waals surface area contributed by atoms with Gasteiger partial charge in [0, 0.05) is 6.54 Å². The normalized spacial score (nSPS) is 16.8. The van der Waals surface area contributed by atoms with Crippen LogP contribution in [0.4, 0.5) is 0 Å².